The van der Waals surface area contributed by atoms with E-state index in [2.05, 4.69) is 25.7 Å². The Morgan fingerprint density at radius 2 is 1.65 bits per heavy atom. The van der Waals surface area contributed by atoms with Gasteiger partial charge in [-0.2, -0.15) is 0 Å². The summed E-state index contributed by atoms with van der Waals surface area (Å²) in [6, 6.07) is 0.647. The molecule has 1 atom stereocenters. The minimum atomic E-state index is 0.647. The first kappa shape index (κ1) is 21.7. The molecule has 1 heteroatoms. The Labute approximate surface area is 110 Å². The topological polar surface area (TPSA) is 12.0 Å². The molecule has 1 rings (SSSR count). The third-order valence-electron chi connectivity index (χ3n) is 2.32. The zero-order valence-electron chi connectivity index (χ0n) is 13.5. The van der Waals surface area contributed by atoms with Crippen LogP contribution in [0.2, 0.25) is 0 Å². The summed E-state index contributed by atoms with van der Waals surface area (Å²) in [4.78, 5) is 0. The van der Waals surface area contributed by atoms with Crippen LogP contribution in [0.1, 0.15) is 68.2 Å². The van der Waals surface area contributed by atoms with E-state index in [1.807, 2.05) is 47.6 Å². The van der Waals surface area contributed by atoms with Gasteiger partial charge in [-0.05, 0) is 25.3 Å². The van der Waals surface area contributed by atoms with Crippen molar-refractivity contribution < 1.29 is 0 Å². The van der Waals surface area contributed by atoms with Gasteiger partial charge in [-0.25, -0.2) is 0 Å². The standard InChI is InChI=1S/C10H17N.3C2H6/c1-4-9-6-8(3)11-7-10(9)5-2;3*1-2/h5,8,11H,2,4,6-7H2,1,3H3;3*1-2H3. The SMILES string of the molecule is C=CC1=C(CC)CC(C)NC1.CC.CC.CC. The second-order valence-corrected chi connectivity index (χ2v) is 3.17. The molecule has 0 aromatic rings. The van der Waals surface area contributed by atoms with Gasteiger partial charge in [-0.1, -0.05) is 66.7 Å². The minimum Gasteiger partial charge on any atom is -0.310 e. The predicted octanol–water partition coefficient (Wildman–Crippen LogP) is 5.34. The Balaban J connectivity index is -0.000000285. The zero-order valence-corrected chi connectivity index (χ0v) is 13.5. The summed E-state index contributed by atoms with van der Waals surface area (Å²) >= 11 is 0. The van der Waals surface area contributed by atoms with Gasteiger partial charge in [-0.15, -0.1) is 0 Å². The summed E-state index contributed by atoms with van der Waals surface area (Å²) < 4.78 is 0. The van der Waals surface area contributed by atoms with Crippen molar-refractivity contribution in [2.45, 2.75) is 74.3 Å². The molecule has 0 aromatic carbocycles. The highest BCUT2D eigenvalue weighted by Crippen LogP contribution is 2.19. The molecule has 0 saturated carbocycles. The van der Waals surface area contributed by atoms with E-state index in [0.717, 1.165) is 6.54 Å². The Bertz CT molecular complexity index is 180. The van der Waals surface area contributed by atoms with Gasteiger partial charge < -0.3 is 5.32 Å². The van der Waals surface area contributed by atoms with E-state index >= 15 is 0 Å². The predicted molar refractivity (Wildman–Crippen MR) is 83.6 cm³/mol. The lowest BCUT2D eigenvalue weighted by atomic mass is 9.95. The van der Waals surface area contributed by atoms with Crippen molar-refractivity contribution in [3.05, 3.63) is 23.8 Å². The van der Waals surface area contributed by atoms with Crippen molar-refractivity contribution in [3.8, 4) is 0 Å². The highest BCUT2D eigenvalue weighted by atomic mass is 14.9. The van der Waals surface area contributed by atoms with Crippen molar-refractivity contribution in [3.63, 3.8) is 0 Å². The van der Waals surface area contributed by atoms with E-state index < -0.39 is 0 Å². The molecule has 0 bridgehead atoms. The maximum Gasteiger partial charge on any atom is 0.0207 e. The van der Waals surface area contributed by atoms with Crippen LogP contribution in [0.25, 0.3) is 0 Å². The third-order valence-corrected chi connectivity index (χ3v) is 2.32. The van der Waals surface area contributed by atoms with Crippen LogP contribution in [0.3, 0.4) is 0 Å². The minimum absolute atomic E-state index is 0.647. The van der Waals surface area contributed by atoms with Crippen molar-refractivity contribution in [1.82, 2.24) is 5.32 Å². The molecule has 1 heterocycles. The molecule has 1 unspecified atom stereocenters. The van der Waals surface area contributed by atoms with Crippen LogP contribution < -0.4 is 5.32 Å². The van der Waals surface area contributed by atoms with E-state index in [-0.39, 0.29) is 0 Å². The van der Waals surface area contributed by atoms with Gasteiger partial charge in [-0.3, -0.25) is 0 Å². The molecule has 1 aliphatic rings. The highest BCUT2D eigenvalue weighted by Gasteiger charge is 2.13. The second kappa shape index (κ2) is 17.8. The first-order valence-corrected chi connectivity index (χ1v) is 7.34. The van der Waals surface area contributed by atoms with Crippen LogP contribution in [0.15, 0.2) is 23.8 Å². The van der Waals surface area contributed by atoms with Gasteiger partial charge in [0.2, 0.25) is 0 Å². The zero-order chi connectivity index (χ0) is 14.3. The third kappa shape index (κ3) is 10.3. The highest BCUT2D eigenvalue weighted by molar-refractivity contribution is 5.28. The van der Waals surface area contributed by atoms with Crippen molar-refractivity contribution >= 4 is 0 Å². The molecule has 1 aliphatic heterocycles. The van der Waals surface area contributed by atoms with Crippen LogP contribution in [0, 0.1) is 0 Å². The molecule has 0 amide bonds. The number of rotatable bonds is 2. The lowest BCUT2D eigenvalue weighted by Gasteiger charge is -2.24. The lowest BCUT2D eigenvalue weighted by molar-refractivity contribution is 0.535. The molecule has 1 N–H and O–H groups in total. The molecule has 0 spiro atoms. The normalized spacial score (nSPS) is 17.5. The van der Waals surface area contributed by atoms with Gasteiger partial charge in [0.05, 0.1) is 0 Å². The van der Waals surface area contributed by atoms with E-state index in [9.17, 15) is 0 Å². The Kier molecular flexibility index (Phi) is 22.7. The monoisotopic (exact) mass is 241 g/mol. The molecular formula is C16H35N. The number of nitrogens with one attached hydrogen (secondary N) is 1. The van der Waals surface area contributed by atoms with E-state index in [1.165, 1.54) is 18.4 Å². The molecule has 1 nitrogen and oxygen atoms in total. The van der Waals surface area contributed by atoms with Crippen molar-refractivity contribution in [2.24, 2.45) is 0 Å². The summed E-state index contributed by atoms with van der Waals surface area (Å²) in [5, 5.41) is 3.42. The number of hydrogen-bond donors (Lipinski definition) is 1. The van der Waals surface area contributed by atoms with Crippen LogP contribution in [0.5, 0.6) is 0 Å². The lowest BCUT2D eigenvalue weighted by Crippen LogP contribution is -2.32. The largest absolute Gasteiger partial charge is 0.310 e. The van der Waals surface area contributed by atoms with E-state index in [4.69, 9.17) is 0 Å². The maximum atomic E-state index is 3.81. The fourth-order valence-corrected chi connectivity index (χ4v) is 1.57. The quantitative estimate of drug-likeness (QED) is 0.688. The van der Waals surface area contributed by atoms with Gasteiger partial charge in [0.25, 0.3) is 0 Å². The molecule has 17 heavy (non-hydrogen) atoms. The van der Waals surface area contributed by atoms with Crippen LogP contribution in [-0.4, -0.2) is 12.6 Å². The molecular weight excluding hydrogens is 206 g/mol. The fourth-order valence-electron chi connectivity index (χ4n) is 1.57. The summed E-state index contributed by atoms with van der Waals surface area (Å²) in [6.07, 6.45) is 4.35. The van der Waals surface area contributed by atoms with Crippen LogP contribution in [0.4, 0.5) is 0 Å². The van der Waals surface area contributed by atoms with Gasteiger partial charge >= 0.3 is 0 Å². The summed E-state index contributed by atoms with van der Waals surface area (Å²) in [7, 11) is 0. The van der Waals surface area contributed by atoms with Crippen LogP contribution in [-0.2, 0) is 0 Å². The Morgan fingerprint density at radius 1 is 1.18 bits per heavy atom. The number of hydrogen-bond acceptors (Lipinski definition) is 1. The Morgan fingerprint density at radius 3 is 2.00 bits per heavy atom. The van der Waals surface area contributed by atoms with E-state index in [0.29, 0.717) is 6.04 Å². The van der Waals surface area contributed by atoms with Gasteiger partial charge in [0, 0.05) is 12.6 Å². The van der Waals surface area contributed by atoms with Gasteiger partial charge in [0.1, 0.15) is 0 Å². The average Bonchev–Trinajstić information content (AvgIpc) is 2.45. The first-order chi connectivity index (χ1) is 8.27. The first-order valence-electron chi connectivity index (χ1n) is 7.34. The van der Waals surface area contributed by atoms with Crippen LogP contribution >= 0.6 is 0 Å². The molecule has 0 radical (unpaired) electrons. The summed E-state index contributed by atoms with van der Waals surface area (Å²) in [5.74, 6) is 0. The summed E-state index contributed by atoms with van der Waals surface area (Å²) in [6.45, 7) is 21.3. The summed E-state index contributed by atoms with van der Waals surface area (Å²) in [5.41, 5.74) is 2.98. The molecule has 0 saturated heterocycles. The average molecular weight is 241 g/mol. The van der Waals surface area contributed by atoms with E-state index in [1.54, 1.807) is 5.57 Å². The Hall–Kier alpha value is -0.560. The maximum absolute atomic E-state index is 3.81. The second-order valence-electron chi connectivity index (χ2n) is 3.17. The van der Waals surface area contributed by atoms with Crippen molar-refractivity contribution in [2.75, 3.05) is 6.54 Å². The molecule has 0 fully saturated rings. The van der Waals surface area contributed by atoms with Crippen molar-refractivity contribution in [1.29, 1.82) is 0 Å². The van der Waals surface area contributed by atoms with Gasteiger partial charge in [0.15, 0.2) is 0 Å². The molecule has 104 valence electrons. The molecule has 0 aromatic heterocycles. The fraction of sp³-hybridized carbons (Fsp3) is 0.750. The smallest absolute Gasteiger partial charge is 0.0207 e. The molecule has 0 aliphatic carbocycles.